The molecular weight excluding hydrogens is 346 g/mol. The number of nitrogens with zero attached hydrogens (tertiary/aromatic N) is 1. The van der Waals surface area contributed by atoms with E-state index in [0.29, 0.717) is 19.5 Å². The molecule has 8 nitrogen and oxygen atoms in total. The molecule has 138 valence electrons. The van der Waals surface area contributed by atoms with Gasteiger partial charge in [0, 0.05) is 26.1 Å². The van der Waals surface area contributed by atoms with Crippen LogP contribution in [0.15, 0.2) is 29.2 Å². The molecular formula is C16H23N3O5S. The molecule has 0 radical (unpaired) electrons. The largest absolute Gasteiger partial charge is 0.481 e. The van der Waals surface area contributed by atoms with Gasteiger partial charge in [0.25, 0.3) is 0 Å². The SMILES string of the molecule is O=C(O)CCCNC(=O)Nc1ccccc1S(=O)(=O)N1CCCCC1. The van der Waals surface area contributed by atoms with E-state index in [1.165, 1.54) is 16.4 Å². The normalized spacial score (nSPS) is 15.5. The van der Waals surface area contributed by atoms with Crippen LogP contribution in [-0.4, -0.2) is 49.5 Å². The highest BCUT2D eigenvalue weighted by Gasteiger charge is 2.28. The first kappa shape index (κ1) is 19.2. The Morgan fingerprint density at radius 2 is 1.80 bits per heavy atom. The van der Waals surface area contributed by atoms with E-state index in [9.17, 15) is 18.0 Å². The van der Waals surface area contributed by atoms with Gasteiger partial charge in [0.1, 0.15) is 4.90 Å². The number of carboxylic acid groups (broad SMARTS) is 1. The number of hydrogen-bond donors (Lipinski definition) is 3. The Labute approximate surface area is 147 Å². The molecule has 1 aromatic carbocycles. The molecule has 0 unspecified atom stereocenters. The van der Waals surface area contributed by atoms with Gasteiger partial charge in [-0.3, -0.25) is 4.79 Å². The highest BCUT2D eigenvalue weighted by Crippen LogP contribution is 2.26. The Bertz CT molecular complexity index is 714. The van der Waals surface area contributed by atoms with Gasteiger partial charge in [-0.15, -0.1) is 0 Å². The van der Waals surface area contributed by atoms with E-state index in [4.69, 9.17) is 5.11 Å². The van der Waals surface area contributed by atoms with Crippen LogP contribution < -0.4 is 10.6 Å². The molecule has 0 bridgehead atoms. The van der Waals surface area contributed by atoms with E-state index in [-0.39, 0.29) is 23.5 Å². The fraction of sp³-hybridized carbons (Fsp3) is 0.500. The van der Waals surface area contributed by atoms with E-state index in [0.717, 1.165) is 19.3 Å². The van der Waals surface area contributed by atoms with Crippen molar-refractivity contribution in [2.24, 2.45) is 0 Å². The van der Waals surface area contributed by atoms with Crippen molar-refractivity contribution in [3.05, 3.63) is 24.3 Å². The van der Waals surface area contributed by atoms with Crippen molar-refractivity contribution < 1.29 is 23.1 Å². The van der Waals surface area contributed by atoms with Crippen LogP contribution in [0.3, 0.4) is 0 Å². The molecule has 1 aliphatic rings. The average Bonchev–Trinajstić information content (AvgIpc) is 2.60. The molecule has 3 N–H and O–H groups in total. The Morgan fingerprint density at radius 3 is 2.48 bits per heavy atom. The second kappa shape index (κ2) is 8.82. The quantitative estimate of drug-likeness (QED) is 0.634. The fourth-order valence-electron chi connectivity index (χ4n) is 2.65. The number of carbonyl (C=O) groups excluding carboxylic acids is 1. The van der Waals surface area contributed by atoms with Crippen LogP contribution in [-0.2, 0) is 14.8 Å². The summed E-state index contributed by atoms with van der Waals surface area (Å²) in [6.45, 7) is 1.16. The molecule has 2 rings (SSSR count). The van der Waals surface area contributed by atoms with Crippen LogP contribution in [0.2, 0.25) is 0 Å². The molecule has 0 atom stereocenters. The third-order valence-electron chi connectivity index (χ3n) is 3.92. The molecule has 1 saturated heterocycles. The molecule has 1 heterocycles. The zero-order valence-electron chi connectivity index (χ0n) is 13.9. The van der Waals surface area contributed by atoms with Crippen molar-refractivity contribution >= 4 is 27.7 Å². The van der Waals surface area contributed by atoms with Gasteiger partial charge in [-0.1, -0.05) is 18.6 Å². The average molecular weight is 369 g/mol. The van der Waals surface area contributed by atoms with Gasteiger partial charge in [-0.05, 0) is 31.4 Å². The minimum atomic E-state index is -3.66. The van der Waals surface area contributed by atoms with Crippen molar-refractivity contribution in [2.45, 2.75) is 37.0 Å². The number of carboxylic acids is 1. The van der Waals surface area contributed by atoms with Crippen LogP contribution in [0.4, 0.5) is 10.5 Å². The molecule has 0 aromatic heterocycles. The highest BCUT2D eigenvalue weighted by molar-refractivity contribution is 7.89. The van der Waals surface area contributed by atoms with E-state index in [1.54, 1.807) is 12.1 Å². The fourth-order valence-corrected chi connectivity index (χ4v) is 4.31. The topological polar surface area (TPSA) is 116 Å². The second-order valence-electron chi connectivity index (χ2n) is 5.84. The Hall–Kier alpha value is -2.13. The van der Waals surface area contributed by atoms with Gasteiger partial charge >= 0.3 is 12.0 Å². The zero-order chi connectivity index (χ0) is 18.3. The summed E-state index contributed by atoms with van der Waals surface area (Å²) in [6.07, 6.45) is 2.94. The Balaban J connectivity index is 2.04. The van der Waals surface area contributed by atoms with Crippen molar-refractivity contribution in [3.8, 4) is 0 Å². The molecule has 0 saturated carbocycles. The first-order valence-corrected chi connectivity index (χ1v) is 9.71. The molecule has 1 aromatic rings. The molecule has 25 heavy (non-hydrogen) atoms. The van der Waals surface area contributed by atoms with Gasteiger partial charge in [0.15, 0.2) is 0 Å². The first-order chi connectivity index (χ1) is 11.9. The number of amides is 2. The lowest BCUT2D eigenvalue weighted by Gasteiger charge is -2.26. The third kappa shape index (κ3) is 5.43. The van der Waals surface area contributed by atoms with Crippen LogP contribution in [0.5, 0.6) is 0 Å². The number of carbonyl (C=O) groups is 2. The van der Waals surface area contributed by atoms with E-state index in [2.05, 4.69) is 10.6 Å². The maximum Gasteiger partial charge on any atom is 0.319 e. The molecule has 1 aliphatic heterocycles. The number of aliphatic carboxylic acids is 1. The minimum absolute atomic E-state index is 0.0415. The van der Waals surface area contributed by atoms with Crippen LogP contribution >= 0.6 is 0 Å². The number of urea groups is 1. The number of sulfonamides is 1. The Kier molecular flexibility index (Phi) is 6.77. The number of benzene rings is 1. The lowest BCUT2D eigenvalue weighted by atomic mass is 10.2. The summed E-state index contributed by atoms with van der Waals surface area (Å²) in [5.74, 6) is -0.930. The van der Waals surface area contributed by atoms with Gasteiger partial charge in [0.2, 0.25) is 10.0 Å². The van der Waals surface area contributed by atoms with Crippen molar-refractivity contribution in [2.75, 3.05) is 25.0 Å². The number of para-hydroxylation sites is 1. The second-order valence-corrected chi connectivity index (χ2v) is 7.75. The highest BCUT2D eigenvalue weighted by atomic mass is 32.2. The lowest BCUT2D eigenvalue weighted by molar-refractivity contribution is -0.137. The standard InChI is InChI=1S/C16H23N3O5S/c20-15(21)9-6-10-17-16(22)18-13-7-2-3-8-14(13)25(23,24)19-11-4-1-5-12-19/h2-3,7-8H,1,4-6,9-12H2,(H,20,21)(H2,17,18,22). The summed E-state index contributed by atoms with van der Waals surface area (Å²) in [4.78, 5) is 22.4. The molecule has 9 heteroatoms. The number of hydrogen-bond acceptors (Lipinski definition) is 4. The van der Waals surface area contributed by atoms with Crippen molar-refractivity contribution in [1.82, 2.24) is 9.62 Å². The van der Waals surface area contributed by atoms with Gasteiger partial charge < -0.3 is 15.7 Å². The molecule has 2 amide bonds. The van der Waals surface area contributed by atoms with Gasteiger partial charge in [-0.25, -0.2) is 13.2 Å². The van der Waals surface area contributed by atoms with E-state index in [1.807, 2.05) is 0 Å². The third-order valence-corrected chi connectivity index (χ3v) is 5.88. The minimum Gasteiger partial charge on any atom is -0.481 e. The van der Waals surface area contributed by atoms with Crippen LogP contribution in [0.25, 0.3) is 0 Å². The van der Waals surface area contributed by atoms with Gasteiger partial charge in [0.05, 0.1) is 5.69 Å². The molecule has 1 fully saturated rings. The maximum atomic E-state index is 12.8. The number of piperidine rings is 1. The summed E-state index contributed by atoms with van der Waals surface area (Å²) >= 11 is 0. The smallest absolute Gasteiger partial charge is 0.319 e. The van der Waals surface area contributed by atoms with Crippen molar-refractivity contribution in [1.29, 1.82) is 0 Å². The predicted molar refractivity (Wildman–Crippen MR) is 92.9 cm³/mol. The summed E-state index contributed by atoms with van der Waals surface area (Å²) < 4.78 is 27.1. The lowest BCUT2D eigenvalue weighted by Crippen LogP contribution is -2.36. The molecule has 0 spiro atoms. The zero-order valence-corrected chi connectivity index (χ0v) is 14.7. The van der Waals surface area contributed by atoms with Gasteiger partial charge in [-0.2, -0.15) is 4.31 Å². The maximum absolute atomic E-state index is 12.8. The van der Waals surface area contributed by atoms with E-state index >= 15 is 0 Å². The predicted octanol–water partition coefficient (Wildman–Crippen LogP) is 1.85. The van der Waals surface area contributed by atoms with E-state index < -0.39 is 22.0 Å². The number of nitrogens with one attached hydrogen (secondary N) is 2. The summed E-state index contributed by atoms with van der Waals surface area (Å²) in [6, 6.07) is 5.71. The summed E-state index contributed by atoms with van der Waals surface area (Å²) in [5.41, 5.74) is 0.212. The number of anilines is 1. The first-order valence-electron chi connectivity index (χ1n) is 8.27. The van der Waals surface area contributed by atoms with Crippen LogP contribution in [0, 0.1) is 0 Å². The molecule has 0 aliphatic carbocycles. The Morgan fingerprint density at radius 1 is 1.12 bits per heavy atom. The monoisotopic (exact) mass is 369 g/mol. The van der Waals surface area contributed by atoms with Crippen molar-refractivity contribution in [3.63, 3.8) is 0 Å². The van der Waals surface area contributed by atoms with Crippen LogP contribution in [0.1, 0.15) is 32.1 Å². The number of rotatable bonds is 7. The summed E-state index contributed by atoms with van der Waals surface area (Å²) in [7, 11) is -3.66. The summed E-state index contributed by atoms with van der Waals surface area (Å²) in [5, 5.41) is 13.6.